The number of nitrogens with zero attached hydrogens (tertiary/aromatic N) is 3. The predicted octanol–water partition coefficient (Wildman–Crippen LogP) is 7.80. The van der Waals surface area contributed by atoms with Crippen molar-refractivity contribution in [3.63, 3.8) is 0 Å². The van der Waals surface area contributed by atoms with Crippen LogP contribution in [0.25, 0.3) is 10.8 Å². The molecule has 59 heavy (non-hydrogen) atoms. The standard InChI is InChI=1S/C44H54N8O6S/c1-8-51-21-23-52(24-22-51)20-19-46-42(53)34-14-13-30(27-39(34)56-5)47-40-28-31(17-18-45-40)58-38-16-15-35(32-11-9-10-12-33(32)38)48-43(54)49-36-25-29(44(2,3)4)26-37(41(36)57-6)50-59(7)55/h9-18,25-28,50H,8,19-24H2,1-7H3,(H,45,47)(H,46,53)(H2,48,49,54). The summed E-state index contributed by atoms with van der Waals surface area (Å²) in [5.74, 6) is 2.26. The molecule has 5 aromatic rings. The monoisotopic (exact) mass is 822 g/mol. The number of carbonyl (C=O) groups is 2. The van der Waals surface area contributed by atoms with Crippen LogP contribution in [-0.2, 0) is 16.4 Å². The van der Waals surface area contributed by atoms with Crippen LogP contribution in [0.3, 0.4) is 0 Å². The minimum Gasteiger partial charge on any atom is -0.496 e. The number of piperazine rings is 1. The molecule has 1 aromatic heterocycles. The van der Waals surface area contributed by atoms with Crippen LogP contribution in [0.15, 0.2) is 85.1 Å². The number of hydrogen-bond donors (Lipinski definition) is 5. The van der Waals surface area contributed by atoms with Crippen LogP contribution in [0.4, 0.5) is 33.4 Å². The zero-order chi connectivity index (χ0) is 42.1. The number of methoxy groups -OCH3 is 2. The molecule has 1 saturated heterocycles. The molecule has 1 unspecified atom stereocenters. The largest absolute Gasteiger partial charge is 0.496 e. The average Bonchev–Trinajstić information content (AvgIpc) is 3.21. The van der Waals surface area contributed by atoms with Crippen LogP contribution in [-0.4, -0.2) is 97.2 Å². The van der Waals surface area contributed by atoms with Crippen molar-refractivity contribution in [1.82, 2.24) is 20.1 Å². The van der Waals surface area contributed by atoms with Gasteiger partial charge in [0.1, 0.15) is 34.1 Å². The Bertz CT molecular complexity index is 2310. The third-order valence-corrected chi connectivity index (χ3v) is 10.6. The van der Waals surface area contributed by atoms with E-state index in [4.69, 9.17) is 14.2 Å². The van der Waals surface area contributed by atoms with Gasteiger partial charge in [0, 0.05) is 80.3 Å². The highest BCUT2D eigenvalue weighted by atomic mass is 32.2. The van der Waals surface area contributed by atoms with E-state index in [1.807, 2.05) is 42.5 Å². The fourth-order valence-electron chi connectivity index (χ4n) is 6.88. The normalized spacial score (nSPS) is 13.9. The number of likely N-dealkylation sites (N-methyl/N-ethyl adjacent to an activating group) is 1. The lowest BCUT2D eigenvalue weighted by atomic mass is 9.86. The van der Waals surface area contributed by atoms with Crippen molar-refractivity contribution in [3.8, 4) is 23.0 Å². The van der Waals surface area contributed by atoms with Gasteiger partial charge in [-0.05, 0) is 60.0 Å². The molecule has 1 atom stereocenters. The lowest BCUT2D eigenvalue weighted by Crippen LogP contribution is -2.48. The SMILES string of the molecule is CCN1CCN(CCNC(=O)c2ccc(Nc3cc(Oc4ccc(NC(=O)Nc5cc(C(C)(C)C)cc(NS(C)=O)c5OC)c5ccccc45)ccn3)cc2OC)CC1. The zero-order valence-corrected chi connectivity index (χ0v) is 35.5. The summed E-state index contributed by atoms with van der Waals surface area (Å²) in [6.45, 7) is 14.9. The quantitative estimate of drug-likeness (QED) is 0.0706. The minimum atomic E-state index is -1.36. The van der Waals surface area contributed by atoms with Gasteiger partial charge in [-0.3, -0.25) is 9.69 Å². The summed E-state index contributed by atoms with van der Waals surface area (Å²) in [7, 11) is 1.68. The number of aromatic nitrogens is 1. The van der Waals surface area contributed by atoms with Gasteiger partial charge in [0.2, 0.25) is 0 Å². The van der Waals surface area contributed by atoms with Crippen molar-refractivity contribution in [2.45, 2.75) is 33.1 Å². The average molecular weight is 823 g/mol. The zero-order valence-electron chi connectivity index (χ0n) is 34.7. The number of hydrogen-bond acceptors (Lipinski definition) is 10. The van der Waals surface area contributed by atoms with E-state index in [1.54, 1.807) is 49.7 Å². The predicted molar refractivity (Wildman–Crippen MR) is 237 cm³/mol. The van der Waals surface area contributed by atoms with E-state index >= 15 is 0 Å². The third kappa shape index (κ3) is 11.0. The van der Waals surface area contributed by atoms with Gasteiger partial charge in [-0.15, -0.1) is 0 Å². The summed E-state index contributed by atoms with van der Waals surface area (Å²) in [4.78, 5) is 35.9. The number of pyridine rings is 1. The first kappa shape index (κ1) is 42.7. The summed E-state index contributed by atoms with van der Waals surface area (Å²) in [5, 5.41) is 13.8. The van der Waals surface area contributed by atoms with E-state index in [1.165, 1.54) is 13.4 Å². The van der Waals surface area contributed by atoms with Gasteiger partial charge in [0.25, 0.3) is 5.91 Å². The molecule has 6 rings (SSSR count). The number of amides is 3. The van der Waals surface area contributed by atoms with Gasteiger partial charge in [0.05, 0.1) is 36.8 Å². The second kappa shape index (κ2) is 19.2. The van der Waals surface area contributed by atoms with Crippen LogP contribution in [0.1, 0.15) is 43.6 Å². The second-order valence-corrected chi connectivity index (χ2v) is 16.3. The Morgan fingerprint density at radius 3 is 2.22 bits per heavy atom. The summed E-state index contributed by atoms with van der Waals surface area (Å²) < 4.78 is 32.7. The molecule has 0 saturated carbocycles. The number of urea groups is 1. The fraction of sp³-hybridized carbons (Fsp3) is 0.341. The van der Waals surface area contributed by atoms with Gasteiger partial charge < -0.3 is 45.1 Å². The molecule has 0 aliphatic carbocycles. The van der Waals surface area contributed by atoms with Gasteiger partial charge in [-0.25, -0.2) is 14.0 Å². The topological polar surface area (TPSA) is 158 Å². The smallest absolute Gasteiger partial charge is 0.323 e. The van der Waals surface area contributed by atoms with Gasteiger partial charge in [-0.2, -0.15) is 0 Å². The first-order valence-electron chi connectivity index (χ1n) is 19.6. The van der Waals surface area contributed by atoms with E-state index in [0.29, 0.717) is 63.7 Å². The van der Waals surface area contributed by atoms with Crippen LogP contribution in [0, 0.1) is 0 Å². The summed E-state index contributed by atoms with van der Waals surface area (Å²) in [5.41, 5.74) is 3.31. The molecular formula is C44H54N8O6S. The molecule has 4 aromatic carbocycles. The number of rotatable bonds is 15. The highest BCUT2D eigenvalue weighted by molar-refractivity contribution is 7.85. The van der Waals surface area contributed by atoms with Crippen molar-refractivity contribution in [2.75, 3.05) is 87.0 Å². The summed E-state index contributed by atoms with van der Waals surface area (Å²) in [6, 6.07) is 23.3. The van der Waals surface area contributed by atoms with Crippen molar-refractivity contribution >= 4 is 62.3 Å². The summed E-state index contributed by atoms with van der Waals surface area (Å²) in [6.07, 6.45) is 3.17. The molecule has 14 nitrogen and oxygen atoms in total. The van der Waals surface area contributed by atoms with Crippen molar-refractivity contribution in [1.29, 1.82) is 0 Å². The molecule has 312 valence electrons. The molecule has 15 heteroatoms. The van der Waals surface area contributed by atoms with Gasteiger partial charge in [0.15, 0.2) is 5.75 Å². The van der Waals surface area contributed by atoms with Crippen molar-refractivity contribution < 1.29 is 28.0 Å². The maximum atomic E-state index is 13.5. The molecular weight excluding hydrogens is 769 g/mol. The highest BCUT2D eigenvalue weighted by Gasteiger charge is 2.22. The Morgan fingerprint density at radius 2 is 1.53 bits per heavy atom. The summed E-state index contributed by atoms with van der Waals surface area (Å²) >= 11 is 0. The number of fused-ring (bicyclic) bond motifs is 1. The number of nitrogens with one attached hydrogen (secondary N) is 5. The Hall–Kier alpha value is -5.90. The van der Waals surface area contributed by atoms with Crippen LogP contribution in [0.5, 0.6) is 23.0 Å². The maximum Gasteiger partial charge on any atom is 0.323 e. The molecule has 1 fully saturated rings. The van der Waals surface area contributed by atoms with Crippen LogP contribution < -0.4 is 40.2 Å². The lowest BCUT2D eigenvalue weighted by molar-refractivity contribution is 0.0935. The molecule has 3 amide bonds. The van der Waals surface area contributed by atoms with E-state index in [2.05, 4.69) is 68.5 Å². The van der Waals surface area contributed by atoms with Crippen molar-refractivity contribution in [2.24, 2.45) is 0 Å². The Balaban J connectivity index is 1.12. The fourth-order valence-corrected chi connectivity index (χ4v) is 7.34. The number of anilines is 5. The lowest BCUT2D eigenvalue weighted by Gasteiger charge is -2.33. The van der Waals surface area contributed by atoms with Gasteiger partial charge in [-0.1, -0.05) is 52.0 Å². The van der Waals surface area contributed by atoms with E-state index in [0.717, 1.165) is 55.6 Å². The molecule has 2 heterocycles. The third-order valence-electron chi connectivity index (χ3n) is 10.1. The first-order valence-corrected chi connectivity index (χ1v) is 21.1. The molecule has 5 N–H and O–H groups in total. The Kier molecular flexibility index (Phi) is 13.9. The Morgan fingerprint density at radius 1 is 0.814 bits per heavy atom. The first-order chi connectivity index (χ1) is 28.3. The molecule has 1 aliphatic rings. The number of benzene rings is 4. The maximum absolute atomic E-state index is 13.5. The molecule has 0 bridgehead atoms. The minimum absolute atomic E-state index is 0.187. The van der Waals surface area contributed by atoms with Crippen molar-refractivity contribution in [3.05, 3.63) is 96.2 Å². The Labute approximate surface area is 348 Å². The molecule has 0 spiro atoms. The van der Waals surface area contributed by atoms with Crippen LogP contribution >= 0.6 is 0 Å². The second-order valence-electron chi connectivity index (χ2n) is 15.2. The number of carbonyl (C=O) groups excluding carboxylic acids is 2. The number of ether oxygens (including phenoxy) is 3. The molecule has 0 radical (unpaired) electrons. The van der Waals surface area contributed by atoms with Gasteiger partial charge >= 0.3 is 6.03 Å². The van der Waals surface area contributed by atoms with E-state index < -0.39 is 17.0 Å². The highest BCUT2D eigenvalue weighted by Crippen LogP contribution is 2.40. The van der Waals surface area contributed by atoms with E-state index in [9.17, 15) is 13.8 Å². The van der Waals surface area contributed by atoms with E-state index in [-0.39, 0.29) is 11.3 Å². The molecule has 1 aliphatic heterocycles. The van der Waals surface area contributed by atoms with Crippen LogP contribution in [0.2, 0.25) is 0 Å².